The molecule has 2 rings (SSSR count). The van der Waals surface area contributed by atoms with Crippen LogP contribution in [0.25, 0.3) is 0 Å². The van der Waals surface area contributed by atoms with Crippen molar-refractivity contribution >= 4 is 39.5 Å². The highest BCUT2D eigenvalue weighted by Crippen LogP contribution is 2.12. The number of hydrogen-bond acceptors (Lipinski definition) is 7. The zero-order valence-corrected chi connectivity index (χ0v) is 18.0. The Bertz CT molecular complexity index is 944. The number of carbonyl (C=O) groups excluding carboxylic acids is 2. The highest BCUT2D eigenvalue weighted by atomic mass is 32.2. The van der Waals surface area contributed by atoms with E-state index in [1.165, 1.54) is 28.6 Å². The van der Waals surface area contributed by atoms with Gasteiger partial charge < -0.3 is 10.1 Å². The summed E-state index contributed by atoms with van der Waals surface area (Å²) in [5, 5.41) is 6.69. The first-order valence-electron chi connectivity index (χ1n) is 8.76. The van der Waals surface area contributed by atoms with Gasteiger partial charge in [0.25, 0.3) is 5.91 Å². The fraction of sp³-hybridized carbons (Fsp3) is 0.389. The molecule has 11 heteroatoms. The minimum absolute atomic E-state index is 0.0475. The van der Waals surface area contributed by atoms with Gasteiger partial charge in [0.1, 0.15) is 11.9 Å². The molecule has 0 aliphatic heterocycles. The van der Waals surface area contributed by atoms with E-state index in [0.717, 1.165) is 5.69 Å². The molecular weight excluding hydrogens is 416 g/mol. The molecule has 2 N–H and O–H groups in total. The van der Waals surface area contributed by atoms with Gasteiger partial charge in [-0.2, -0.15) is 21.6 Å². The molecule has 1 aromatic carbocycles. The van der Waals surface area contributed by atoms with Crippen LogP contribution in [-0.4, -0.2) is 54.7 Å². The number of amides is 1. The maximum Gasteiger partial charge on any atom is 0.324 e. The van der Waals surface area contributed by atoms with E-state index < -0.39 is 34.5 Å². The summed E-state index contributed by atoms with van der Waals surface area (Å²) in [7, 11) is -2.23. The normalized spacial score (nSPS) is 12.4. The number of esters is 1. The first kappa shape index (κ1) is 22.9. The van der Waals surface area contributed by atoms with Crippen LogP contribution in [0.15, 0.2) is 41.3 Å². The number of ether oxygens (including phenoxy) is 1. The molecule has 9 nitrogen and oxygen atoms in total. The first-order chi connectivity index (χ1) is 13.7. The van der Waals surface area contributed by atoms with Crippen LogP contribution in [0.3, 0.4) is 0 Å². The summed E-state index contributed by atoms with van der Waals surface area (Å²) in [5.41, 5.74) is 0.729. The van der Waals surface area contributed by atoms with Crippen LogP contribution in [0.4, 0.5) is 5.82 Å². The molecule has 1 heterocycles. The van der Waals surface area contributed by atoms with E-state index >= 15 is 0 Å². The minimum atomic E-state index is -3.90. The molecule has 0 aliphatic carbocycles. The second-order valence-corrected chi connectivity index (χ2v) is 8.92. The van der Waals surface area contributed by atoms with Crippen LogP contribution in [-0.2, 0) is 31.4 Å². The largest absolute Gasteiger partial charge is 0.454 e. The van der Waals surface area contributed by atoms with Gasteiger partial charge in [0.2, 0.25) is 10.0 Å². The minimum Gasteiger partial charge on any atom is -0.454 e. The number of rotatable bonds is 10. The fourth-order valence-electron chi connectivity index (χ4n) is 2.46. The van der Waals surface area contributed by atoms with Gasteiger partial charge in [-0.05, 0) is 37.5 Å². The van der Waals surface area contributed by atoms with Crippen molar-refractivity contribution in [2.45, 2.75) is 24.3 Å². The van der Waals surface area contributed by atoms with E-state index in [1.807, 2.05) is 6.26 Å². The van der Waals surface area contributed by atoms with Crippen LogP contribution in [0, 0.1) is 6.92 Å². The molecule has 0 spiro atoms. The Labute approximate surface area is 174 Å². The van der Waals surface area contributed by atoms with Gasteiger partial charge in [0.05, 0.1) is 10.6 Å². The van der Waals surface area contributed by atoms with Gasteiger partial charge in [-0.1, -0.05) is 18.2 Å². The van der Waals surface area contributed by atoms with Gasteiger partial charge >= 0.3 is 5.97 Å². The molecule has 0 aliphatic rings. The van der Waals surface area contributed by atoms with Crippen molar-refractivity contribution < 1.29 is 22.7 Å². The summed E-state index contributed by atoms with van der Waals surface area (Å²) in [6.07, 6.45) is 2.08. The van der Waals surface area contributed by atoms with Crippen molar-refractivity contribution in [1.29, 1.82) is 0 Å². The molecule has 158 valence electrons. The summed E-state index contributed by atoms with van der Waals surface area (Å²) < 4.78 is 33.9. The van der Waals surface area contributed by atoms with Crippen LogP contribution in [0.2, 0.25) is 0 Å². The number of carbonyl (C=O) groups is 2. The van der Waals surface area contributed by atoms with Crippen LogP contribution in [0.1, 0.15) is 12.1 Å². The molecular formula is C18H24N4O5S2. The number of aromatic nitrogens is 2. The molecule has 1 amide bonds. The number of anilines is 1. The molecule has 0 bridgehead atoms. The fourth-order valence-corrected chi connectivity index (χ4v) is 4.17. The monoisotopic (exact) mass is 440 g/mol. The zero-order valence-electron chi connectivity index (χ0n) is 16.4. The summed E-state index contributed by atoms with van der Waals surface area (Å²) in [5.74, 6) is -0.351. The van der Waals surface area contributed by atoms with Crippen LogP contribution in [0.5, 0.6) is 0 Å². The lowest BCUT2D eigenvalue weighted by Crippen LogP contribution is -2.43. The van der Waals surface area contributed by atoms with Gasteiger partial charge in [0, 0.05) is 13.1 Å². The lowest BCUT2D eigenvalue weighted by Gasteiger charge is -2.17. The summed E-state index contributed by atoms with van der Waals surface area (Å²) in [6, 6.07) is 8.32. The summed E-state index contributed by atoms with van der Waals surface area (Å²) >= 11 is 1.47. The maximum absolute atomic E-state index is 12.5. The maximum atomic E-state index is 12.5. The van der Waals surface area contributed by atoms with Gasteiger partial charge in [-0.25, -0.2) is 8.42 Å². The molecule has 29 heavy (non-hydrogen) atoms. The van der Waals surface area contributed by atoms with Gasteiger partial charge in [-0.15, -0.1) is 0 Å². The Balaban J connectivity index is 1.99. The van der Waals surface area contributed by atoms with Crippen molar-refractivity contribution in [2.75, 3.05) is 23.9 Å². The van der Waals surface area contributed by atoms with Crippen molar-refractivity contribution in [3.63, 3.8) is 0 Å². The average molecular weight is 441 g/mol. The summed E-state index contributed by atoms with van der Waals surface area (Å²) in [6.45, 7) is 1.25. The van der Waals surface area contributed by atoms with E-state index in [1.54, 1.807) is 38.2 Å². The Morgan fingerprint density at radius 1 is 1.28 bits per heavy atom. The summed E-state index contributed by atoms with van der Waals surface area (Å²) in [4.78, 5) is 24.5. The van der Waals surface area contributed by atoms with Crippen molar-refractivity contribution in [3.8, 4) is 0 Å². The van der Waals surface area contributed by atoms with E-state index in [4.69, 9.17) is 4.74 Å². The Kier molecular flexibility index (Phi) is 8.23. The zero-order chi connectivity index (χ0) is 21.4. The molecule has 0 saturated heterocycles. The van der Waals surface area contributed by atoms with Gasteiger partial charge in [-0.3, -0.25) is 14.3 Å². The van der Waals surface area contributed by atoms with Crippen molar-refractivity contribution in [2.24, 2.45) is 7.05 Å². The number of benzene rings is 1. The van der Waals surface area contributed by atoms with E-state index in [-0.39, 0.29) is 11.3 Å². The van der Waals surface area contributed by atoms with Gasteiger partial charge in [0.15, 0.2) is 6.61 Å². The second-order valence-electron chi connectivity index (χ2n) is 6.22. The molecule has 1 aromatic heterocycles. The number of thioether (sulfide) groups is 1. The smallest absolute Gasteiger partial charge is 0.324 e. The second kappa shape index (κ2) is 10.4. The lowest BCUT2D eigenvalue weighted by atomic mass is 10.2. The number of nitrogens with zero attached hydrogens (tertiary/aromatic N) is 2. The van der Waals surface area contributed by atoms with Crippen LogP contribution < -0.4 is 10.0 Å². The number of sulfonamides is 1. The predicted molar refractivity (Wildman–Crippen MR) is 111 cm³/mol. The third-order valence-corrected chi connectivity index (χ3v) is 5.99. The van der Waals surface area contributed by atoms with Crippen molar-refractivity contribution in [3.05, 3.63) is 42.1 Å². The van der Waals surface area contributed by atoms with Crippen LogP contribution >= 0.6 is 11.8 Å². The highest BCUT2D eigenvalue weighted by Gasteiger charge is 2.27. The molecule has 0 fully saturated rings. The molecule has 1 atom stereocenters. The van der Waals surface area contributed by atoms with E-state index in [9.17, 15) is 18.0 Å². The van der Waals surface area contributed by atoms with E-state index in [2.05, 4.69) is 15.1 Å². The molecule has 0 saturated carbocycles. The predicted octanol–water partition coefficient (Wildman–Crippen LogP) is 1.31. The quantitative estimate of drug-likeness (QED) is 0.535. The molecule has 2 aromatic rings. The number of nitrogens with one attached hydrogen (secondary N) is 2. The third kappa shape index (κ3) is 6.87. The number of hydrogen-bond donors (Lipinski definition) is 2. The van der Waals surface area contributed by atoms with E-state index in [0.29, 0.717) is 11.6 Å². The topological polar surface area (TPSA) is 119 Å². The Morgan fingerprint density at radius 3 is 2.55 bits per heavy atom. The standard InChI is InChI=1S/C18H24N4O5S2/c1-13-11-16(22(2)20-13)19-17(23)12-27-18(24)15(9-10-28-3)21-29(25,26)14-7-5-4-6-8-14/h4-8,11,15,21H,9-10,12H2,1-3H3,(H,19,23). The number of aryl methyl sites for hydroxylation is 2. The third-order valence-electron chi connectivity index (χ3n) is 3.86. The highest BCUT2D eigenvalue weighted by molar-refractivity contribution is 7.98. The average Bonchev–Trinajstić information content (AvgIpc) is 3.00. The lowest BCUT2D eigenvalue weighted by molar-refractivity contribution is -0.149. The first-order valence-corrected chi connectivity index (χ1v) is 11.6. The van der Waals surface area contributed by atoms with Crippen molar-refractivity contribution in [1.82, 2.24) is 14.5 Å². The SMILES string of the molecule is CSCCC(NS(=O)(=O)c1ccccc1)C(=O)OCC(=O)Nc1cc(C)nn1C. The molecule has 0 radical (unpaired) electrons. The Morgan fingerprint density at radius 2 is 1.97 bits per heavy atom. The molecule has 1 unspecified atom stereocenters. The Hall–Kier alpha value is -2.37.